The number of hydrogen-bond donors (Lipinski definition) is 1. The molecule has 0 bridgehead atoms. The van der Waals surface area contributed by atoms with Gasteiger partial charge in [-0.25, -0.2) is 4.79 Å². The molecule has 2 atom stereocenters. The van der Waals surface area contributed by atoms with Crippen molar-refractivity contribution in [2.75, 3.05) is 11.6 Å². The summed E-state index contributed by atoms with van der Waals surface area (Å²) < 4.78 is 6.04. The first-order valence-electron chi connectivity index (χ1n) is 11.4. The second kappa shape index (κ2) is 10.9. The molecular formula is C27H23ClN2O4S2. The molecule has 0 saturated carbocycles. The highest BCUT2D eigenvalue weighted by molar-refractivity contribution is 8.00. The van der Waals surface area contributed by atoms with Crippen LogP contribution in [0, 0.1) is 0 Å². The van der Waals surface area contributed by atoms with E-state index >= 15 is 0 Å². The molecule has 36 heavy (non-hydrogen) atoms. The standard InChI is InChI=1S/C27H23ClN2O4S2/c28-15-19-16-36-26-22(29-21(31)14-20-12-7-13-35-20)25(32)30(26)23(19)27(33)34-24(17-8-3-1-4-9-17)18-10-5-2-6-11-18/h1-13,22,24,26H,14-16H2,(H,29,31)/t22-,26-/m1/s1. The molecule has 1 aromatic heterocycles. The second-order valence-corrected chi connectivity index (χ2v) is 10.8. The lowest BCUT2D eigenvalue weighted by Crippen LogP contribution is -2.70. The molecule has 1 N–H and O–H groups in total. The van der Waals surface area contributed by atoms with Gasteiger partial charge >= 0.3 is 5.97 Å². The Labute approximate surface area is 222 Å². The third-order valence-corrected chi connectivity index (χ3v) is 8.60. The minimum absolute atomic E-state index is 0.102. The largest absolute Gasteiger partial charge is 0.448 e. The third kappa shape index (κ3) is 4.93. The summed E-state index contributed by atoms with van der Waals surface area (Å²) >= 11 is 9.16. The van der Waals surface area contributed by atoms with Crippen molar-refractivity contribution >= 4 is 52.5 Å². The average molecular weight is 539 g/mol. The molecule has 0 unspecified atom stereocenters. The fourth-order valence-electron chi connectivity index (χ4n) is 4.32. The molecule has 3 aromatic rings. The van der Waals surface area contributed by atoms with Crippen molar-refractivity contribution in [3.63, 3.8) is 0 Å². The normalized spacial score (nSPS) is 19.1. The molecule has 184 valence electrons. The molecule has 2 amide bonds. The lowest BCUT2D eigenvalue weighted by Gasteiger charge is -2.49. The summed E-state index contributed by atoms with van der Waals surface area (Å²) in [7, 11) is 0. The maximum absolute atomic E-state index is 13.6. The molecule has 0 spiro atoms. The van der Waals surface area contributed by atoms with Crippen molar-refractivity contribution in [2.24, 2.45) is 0 Å². The molecule has 3 heterocycles. The fourth-order valence-corrected chi connectivity index (χ4v) is 6.70. The molecule has 0 radical (unpaired) electrons. The summed E-state index contributed by atoms with van der Waals surface area (Å²) in [5, 5.41) is 4.36. The first-order valence-corrected chi connectivity index (χ1v) is 13.9. The monoisotopic (exact) mass is 538 g/mol. The van der Waals surface area contributed by atoms with Gasteiger partial charge in [0, 0.05) is 16.5 Å². The van der Waals surface area contributed by atoms with E-state index in [2.05, 4.69) is 5.32 Å². The van der Waals surface area contributed by atoms with Crippen LogP contribution in [-0.4, -0.2) is 45.7 Å². The van der Waals surface area contributed by atoms with Crippen LogP contribution in [0.25, 0.3) is 0 Å². The molecule has 9 heteroatoms. The Balaban J connectivity index is 1.36. The molecule has 2 aliphatic heterocycles. The number of thiophene rings is 1. The van der Waals surface area contributed by atoms with Crippen molar-refractivity contribution in [3.8, 4) is 0 Å². The number of ether oxygens (including phenoxy) is 1. The predicted octanol–water partition coefficient (Wildman–Crippen LogP) is 4.52. The zero-order valence-electron chi connectivity index (χ0n) is 19.1. The molecule has 1 saturated heterocycles. The van der Waals surface area contributed by atoms with Crippen LogP contribution < -0.4 is 5.32 Å². The van der Waals surface area contributed by atoms with Crippen molar-refractivity contribution in [2.45, 2.75) is 23.9 Å². The van der Waals surface area contributed by atoms with Gasteiger partial charge in [0.05, 0.1) is 6.42 Å². The Morgan fingerprint density at radius 3 is 2.28 bits per heavy atom. The van der Waals surface area contributed by atoms with Gasteiger partial charge in [-0.15, -0.1) is 34.7 Å². The van der Waals surface area contributed by atoms with Gasteiger partial charge in [0.2, 0.25) is 5.91 Å². The van der Waals surface area contributed by atoms with Crippen LogP contribution in [0.5, 0.6) is 0 Å². The van der Waals surface area contributed by atoms with Crippen molar-refractivity contribution in [1.82, 2.24) is 10.2 Å². The second-order valence-electron chi connectivity index (χ2n) is 8.40. The summed E-state index contributed by atoms with van der Waals surface area (Å²) in [6.07, 6.45) is -0.429. The van der Waals surface area contributed by atoms with Gasteiger partial charge in [-0.1, -0.05) is 66.7 Å². The van der Waals surface area contributed by atoms with Crippen LogP contribution in [-0.2, 0) is 25.5 Å². The van der Waals surface area contributed by atoms with Crippen LogP contribution in [0.4, 0.5) is 0 Å². The van der Waals surface area contributed by atoms with Crippen molar-refractivity contribution in [3.05, 3.63) is 105 Å². The van der Waals surface area contributed by atoms with E-state index in [0.717, 1.165) is 16.0 Å². The highest BCUT2D eigenvalue weighted by Crippen LogP contribution is 2.42. The Morgan fingerprint density at radius 2 is 1.69 bits per heavy atom. The number of β-lactam (4-membered cyclic amide) rings is 1. The van der Waals surface area contributed by atoms with Crippen LogP contribution in [0.15, 0.2) is 89.4 Å². The number of halogens is 1. The van der Waals surface area contributed by atoms with Gasteiger partial charge < -0.3 is 10.1 Å². The number of thioether (sulfide) groups is 1. The molecule has 6 nitrogen and oxygen atoms in total. The summed E-state index contributed by atoms with van der Waals surface area (Å²) in [6.45, 7) is 0. The van der Waals surface area contributed by atoms with E-state index in [-0.39, 0.29) is 35.2 Å². The number of benzene rings is 2. The van der Waals surface area contributed by atoms with E-state index in [1.807, 2.05) is 78.2 Å². The lowest BCUT2D eigenvalue weighted by molar-refractivity contribution is -0.154. The minimum Gasteiger partial charge on any atom is -0.448 e. The quantitative estimate of drug-likeness (QED) is 0.259. The maximum atomic E-state index is 13.6. The van der Waals surface area contributed by atoms with Gasteiger partial charge in [-0.2, -0.15) is 0 Å². The topological polar surface area (TPSA) is 75.7 Å². The number of alkyl halides is 1. The average Bonchev–Trinajstić information content (AvgIpc) is 3.43. The van der Waals surface area contributed by atoms with Crippen LogP contribution in [0.2, 0.25) is 0 Å². The first-order chi connectivity index (χ1) is 17.6. The van der Waals surface area contributed by atoms with E-state index in [1.165, 1.54) is 28.0 Å². The number of hydrogen-bond acceptors (Lipinski definition) is 6. The minimum atomic E-state index is -0.693. The lowest BCUT2D eigenvalue weighted by atomic mass is 10.0. The van der Waals surface area contributed by atoms with E-state index in [9.17, 15) is 14.4 Å². The Morgan fingerprint density at radius 1 is 1.03 bits per heavy atom. The first kappa shape index (κ1) is 24.6. The van der Waals surface area contributed by atoms with Gasteiger partial charge in [0.15, 0.2) is 6.10 Å². The van der Waals surface area contributed by atoms with Gasteiger partial charge in [0.1, 0.15) is 17.1 Å². The number of esters is 1. The summed E-state index contributed by atoms with van der Waals surface area (Å²) in [5.74, 6) is -0.589. The number of amides is 2. The zero-order chi connectivity index (χ0) is 25.1. The van der Waals surface area contributed by atoms with Gasteiger partial charge in [-0.05, 0) is 28.1 Å². The van der Waals surface area contributed by atoms with Crippen LogP contribution in [0.1, 0.15) is 22.1 Å². The summed E-state index contributed by atoms with van der Waals surface area (Å²) in [5.41, 5.74) is 2.46. The molecule has 5 rings (SSSR count). The number of rotatable bonds is 8. The van der Waals surface area contributed by atoms with Crippen LogP contribution >= 0.6 is 34.7 Å². The zero-order valence-corrected chi connectivity index (χ0v) is 21.5. The third-order valence-electron chi connectivity index (χ3n) is 6.06. The summed E-state index contributed by atoms with van der Waals surface area (Å²) in [6, 6.07) is 22.0. The smallest absolute Gasteiger partial charge is 0.356 e. The van der Waals surface area contributed by atoms with E-state index in [1.54, 1.807) is 0 Å². The van der Waals surface area contributed by atoms with Gasteiger partial charge in [0.25, 0.3) is 5.91 Å². The Hall–Kier alpha value is -3.07. The van der Waals surface area contributed by atoms with E-state index in [0.29, 0.717) is 11.3 Å². The Bertz CT molecular complexity index is 1240. The van der Waals surface area contributed by atoms with Crippen molar-refractivity contribution in [1.29, 1.82) is 0 Å². The number of carbonyl (C=O) groups excluding carboxylic acids is 3. The maximum Gasteiger partial charge on any atom is 0.356 e. The van der Waals surface area contributed by atoms with E-state index < -0.39 is 18.1 Å². The number of nitrogens with one attached hydrogen (secondary N) is 1. The molecule has 2 aliphatic rings. The highest BCUT2D eigenvalue weighted by Gasteiger charge is 2.54. The Kier molecular flexibility index (Phi) is 7.46. The fraction of sp³-hybridized carbons (Fsp3) is 0.222. The molecule has 2 aromatic carbocycles. The van der Waals surface area contributed by atoms with Gasteiger partial charge in [-0.3, -0.25) is 14.5 Å². The molecule has 0 aliphatic carbocycles. The highest BCUT2D eigenvalue weighted by atomic mass is 35.5. The molecular weight excluding hydrogens is 516 g/mol. The van der Waals surface area contributed by atoms with Crippen LogP contribution in [0.3, 0.4) is 0 Å². The number of carbonyl (C=O) groups is 3. The van der Waals surface area contributed by atoms with Crippen molar-refractivity contribution < 1.29 is 19.1 Å². The van der Waals surface area contributed by atoms with E-state index in [4.69, 9.17) is 16.3 Å². The SMILES string of the molecule is O=C(Cc1cccs1)N[C@@H]1C(=O)N2C(C(=O)OC(c3ccccc3)c3ccccc3)=C(CCl)CS[C@H]12. The number of fused-ring (bicyclic) bond motifs is 1. The molecule has 1 fully saturated rings. The predicted molar refractivity (Wildman–Crippen MR) is 142 cm³/mol. The number of nitrogens with zero attached hydrogens (tertiary/aromatic N) is 1. The summed E-state index contributed by atoms with van der Waals surface area (Å²) in [4.78, 5) is 41.6.